The topological polar surface area (TPSA) is 22.1 Å². The molecule has 0 spiro atoms. The molecule has 0 saturated heterocycles. The Morgan fingerprint density at radius 2 is 2.13 bits per heavy atom. The van der Waals surface area contributed by atoms with Gasteiger partial charge in [-0.2, -0.15) is 0 Å². The van der Waals surface area contributed by atoms with Crippen molar-refractivity contribution in [2.75, 3.05) is 7.11 Å². The molecule has 0 amide bonds. The summed E-state index contributed by atoms with van der Waals surface area (Å²) in [5.74, 6) is 1.00. The Kier molecular flexibility index (Phi) is 3.67. The van der Waals surface area contributed by atoms with Crippen LogP contribution in [0.4, 0.5) is 0 Å². The van der Waals surface area contributed by atoms with Gasteiger partial charge < -0.3 is 4.74 Å². The van der Waals surface area contributed by atoms with Gasteiger partial charge in [0.15, 0.2) is 0 Å². The molecule has 0 aromatic carbocycles. The number of pyridine rings is 1. The first kappa shape index (κ1) is 11.5. The van der Waals surface area contributed by atoms with Crippen LogP contribution in [0, 0.1) is 5.92 Å². The molecule has 0 radical (unpaired) electrons. The highest BCUT2D eigenvalue weighted by atomic mass is 16.5. The fourth-order valence-electron chi connectivity index (χ4n) is 1.31. The van der Waals surface area contributed by atoms with E-state index in [-0.39, 0.29) is 0 Å². The molecule has 1 aromatic rings. The fraction of sp³-hybridized carbons (Fsp3) is 0.308. The standard InChI is InChI=1S/C13H17NO/c1-6-12-11(10(4)9(2)3)7-8-13(14-12)15-5/h6-9H,1,4H2,2-3,5H3. The molecule has 0 aliphatic carbocycles. The van der Waals surface area contributed by atoms with Crippen LogP contribution in [0.3, 0.4) is 0 Å². The number of ether oxygens (including phenoxy) is 1. The van der Waals surface area contributed by atoms with Crippen molar-refractivity contribution < 1.29 is 4.74 Å². The Morgan fingerprint density at radius 1 is 1.47 bits per heavy atom. The Hall–Kier alpha value is -1.57. The Morgan fingerprint density at radius 3 is 2.60 bits per heavy atom. The van der Waals surface area contributed by atoms with Crippen LogP contribution >= 0.6 is 0 Å². The third kappa shape index (κ3) is 2.46. The molecule has 0 aliphatic rings. The maximum atomic E-state index is 5.06. The van der Waals surface area contributed by atoms with Gasteiger partial charge in [-0.3, -0.25) is 0 Å². The largest absolute Gasteiger partial charge is 0.481 e. The van der Waals surface area contributed by atoms with Crippen LogP contribution in [-0.4, -0.2) is 12.1 Å². The highest BCUT2D eigenvalue weighted by molar-refractivity contribution is 5.72. The predicted molar refractivity (Wildman–Crippen MR) is 64.8 cm³/mol. The highest BCUT2D eigenvalue weighted by Gasteiger charge is 2.09. The zero-order chi connectivity index (χ0) is 11.4. The monoisotopic (exact) mass is 203 g/mol. The molecule has 0 bridgehead atoms. The van der Waals surface area contributed by atoms with E-state index in [1.54, 1.807) is 13.2 Å². The maximum absolute atomic E-state index is 5.06. The van der Waals surface area contributed by atoms with Crippen molar-refractivity contribution in [1.82, 2.24) is 4.98 Å². The van der Waals surface area contributed by atoms with Crippen molar-refractivity contribution in [3.63, 3.8) is 0 Å². The van der Waals surface area contributed by atoms with Crippen LogP contribution in [0.5, 0.6) is 5.88 Å². The van der Waals surface area contributed by atoms with E-state index in [4.69, 9.17) is 4.74 Å². The summed E-state index contributed by atoms with van der Waals surface area (Å²) in [5.41, 5.74) is 2.94. The van der Waals surface area contributed by atoms with E-state index in [9.17, 15) is 0 Å². The normalized spacial score (nSPS) is 10.1. The van der Waals surface area contributed by atoms with Crippen LogP contribution in [0.1, 0.15) is 25.1 Å². The van der Waals surface area contributed by atoms with E-state index in [2.05, 4.69) is 32.0 Å². The molecule has 1 rings (SSSR count). The third-order valence-electron chi connectivity index (χ3n) is 2.34. The molecular weight excluding hydrogens is 186 g/mol. The van der Waals surface area contributed by atoms with Crippen molar-refractivity contribution in [3.05, 3.63) is 36.5 Å². The molecule has 0 aliphatic heterocycles. The smallest absolute Gasteiger partial charge is 0.213 e. The first-order chi connectivity index (χ1) is 7.10. The zero-order valence-corrected chi connectivity index (χ0v) is 9.58. The fourth-order valence-corrected chi connectivity index (χ4v) is 1.31. The second-order valence-electron chi connectivity index (χ2n) is 3.67. The van der Waals surface area contributed by atoms with E-state index in [0.29, 0.717) is 11.8 Å². The molecule has 0 atom stereocenters. The summed E-state index contributed by atoms with van der Waals surface area (Å²) in [4.78, 5) is 4.31. The minimum absolute atomic E-state index is 0.402. The van der Waals surface area contributed by atoms with Gasteiger partial charge in [0.1, 0.15) is 0 Å². The molecule has 2 heteroatoms. The van der Waals surface area contributed by atoms with Gasteiger partial charge in [0.25, 0.3) is 0 Å². The molecule has 0 fully saturated rings. The van der Waals surface area contributed by atoms with Gasteiger partial charge >= 0.3 is 0 Å². The average molecular weight is 203 g/mol. The minimum Gasteiger partial charge on any atom is -0.481 e. The van der Waals surface area contributed by atoms with Gasteiger partial charge in [0.05, 0.1) is 12.8 Å². The Labute approximate surface area is 91.3 Å². The van der Waals surface area contributed by atoms with Crippen molar-refractivity contribution in [2.24, 2.45) is 5.92 Å². The first-order valence-electron chi connectivity index (χ1n) is 4.96. The summed E-state index contributed by atoms with van der Waals surface area (Å²) in [6, 6.07) is 3.82. The first-order valence-corrected chi connectivity index (χ1v) is 4.96. The third-order valence-corrected chi connectivity index (χ3v) is 2.34. The van der Waals surface area contributed by atoms with Crippen LogP contribution in [-0.2, 0) is 0 Å². The molecule has 0 saturated carbocycles. The summed E-state index contributed by atoms with van der Waals surface area (Å²) in [6.45, 7) is 12.0. The van der Waals surface area contributed by atoms with E-state index in [1.807, 2.05) is 12.1 Å². The highest BCUT2D eigenvalue weighted by Crippen LogP contribution is 2.25. The van der Waals surface area contributed by atoms with Gasteiger partial charge in [-0.15, -0.1) is 0 Å². The summed E-state index contributed by atoms with van der Waals surface area (Å²) < 4.78 is 5.06. The summed E-state index contributed by atoms with van der Waals surface area (Å²) in [6.07, 6.45) is 1.73. The van der Waals surface area contributed by atoms with E-state index < -0.39 is 0 Å². The number of hydrogen-bond donors (Lipinski definition) is 0. The molecule has 2 nitrogen and oxygen atoms in total. The Bertz CT molecular complexity index is 380. The van der Waals surface area contributed by atoms with Gasteiger partial charge in [-0.1, -0.05) is 27.0 Å². The van der Waals surface area contributed by atoms with Crippen LogP contribution in [0.2, 0.25) is 0 Å². The number of nitrogens with zero attached hydrogens (tertiary/aromatic N) is 1. The summed E-state index contributed by atoms with van der Waals surface area (Å²) in [5, 5.41) is 0. The lowest BCUT2D eigenvalue weighted by Crippen LogP contribution is -1.98. The van der Waals surface area contributed by atoms with Crippen LogP contribution in [0.25, 0.3) is 11.6 Å². The lowest BCUT2D eigenvalue weighted by molar-refractivity contribution is 0.397. The molecule has 15 heavy (non-hydrogen) atoms. The Balaban J connectivity index is 3.19. The van der Waals surface area contributed by atoms with Gasteiger partial charge in [0, 0.05) is 11.6 Å². The molecule has 80 valence electrons. The molecule has 0 N–H and O–H groups in total. The van der Waals surface area contributed by atoms with Crippen molar-refractivity contribution in [3.8, 4) is 5.88 Å². The van der Waals surface area contributed by atoms with Gasteiger partial charge in [0.2, 0.25) is 5.88 Å². The maximum Gasteiger partial charge on any atom is 0.213 e. The SMILES string of the molecule is C=Cc1nc(OC)ccc1C(=C)C(C)C. The summed E-state index contributed by atoms with van der Waals surface area (Å²) >= 11 is 0. The van der Waals surface area contributed by atoms with Crippen LogP contribution in [0.15, 0.2) is 25.3 Å². The second-order valence-corrected chi connectivity index (χ2v) is 3.67. The molecule has 1 aromatic heterocycles. The second kappa shape index (κ2) is 4.78. The number of hydrogen-bond acceptors (Lipinski definition) is 2. The van der Waals surface area contributed by atoms with E-state index in [0.717, 1.165) is 16.8 Å². The van der Waals surface area contributed by atoms with Crippen molar-refractivity contribution >= 4 is 11.6 Å². The number of allylic oxidation sites excluding steroid dienone is 1. The van der Waals surface area contributed by atoms with Crippen molar-refractivity contribution in [1.29, 1.82) is 0 Å². The number of rotatable bonds is 4. The van der Waals surface area contributed by atoms with E-state index in [1.165, 1.54) is 0 Å². The lowest BCUT2D eigenvalue weighted by atomic mass is 9.96. The zero-order valence-electron chi connectivity index (χ0n) is 9.58. The molecule has 0 unspecified atom stereocenters. The quantitative estimate of drug-likeness (QED) is 0.748. The molecular formula is C13H17NO. The van der Waals surface area contributed by atoms with Crippen LogP contribution < -0.4 is 4.74 Å². The van der Waals surface area contributed by atoms with E-state index >= 15 is 0 Å². The van der Waals surface area contributed by atoms with Gasteiger partial charge in [-0.05, 0) is 23.6 Å². The minimum atomic E-state index is 0.402. The average Bonchev–Trinajstić information content (AvgIpc) is 2.27. The number of aromatic nitrogens is 1. The lowest BCUT2D eigenvalue weighted by Gasteiger charge is -2.12. The van der Waals surface area contributed by atoms with Crippen molar-refractivity contribution in [2.45, 2.75) is 13.8 Å². The van der Waals surface area contributed by atoms with Gasteiger partial charge in [-0.25, -0.2) is 4.98 Å². The summed E-state index contributed by atoms with van der Waals surface area (Å²) in [7, 11) is 1.60. The number of methoxy groups -OCH3 is 1. The molecule has 1 heterocycles. The predicted octanol–water partition coefficient (Wildman–Crippen LogP) is 3.40.